The molecule has 0 aliphatic rings. The predicted molar refractivity (Wildman–Crippen MR) is 101 cm³/mol. The minimum Gasteiger partial charge on any atom is -0.366 e. The Morgan fingerprint density at radius 1 is 0.962 bits per heavy atom. The number of nitrogens with one attached hydrogen (secondary N) is 1. The topological polar surface area (TPSA) is 85.1 Å². The number of benzene rings is 2. The van der Waals surface area contributed by atoms with Crippen molar-refractivity contribution >= 4 is 11.8 Å². The first-order chi connectivity index (χ1) is 12.5. The van der Waals surface area contributed by atoms with E-state index in [0.29, 0.717) is 23.4 Å². The Morgan fingerprint density at radius 2 is 1.65 bits per heavy atom. The first-order valence-electron chi connectivity index (χ1n) is 8.24. The number of aryl methyl sites for hydroxylation is 1. The Morgan fingerprint density at radius 3 is 2.27 bits per heavy atom. The minimum atomic E-state index is -0.471. The smallest absolute Gasteiger partial charge is 0.253 e. The lowest BCUT2D eigenvalue weighted by Crippen LogP contribution is -2.24. The highest BCUT2D eigenvalue weighted by molar-refractivity contribution is 5.95. The second kappa shape index (κ2) is 7.61. The summed E-state index contributed by atoms with van der Waals surface area (Å²) in [5.74, 6) is -0.658. The highest BCUT2D eigenvalue weighted by Gasteiger charge is 2.11. The second-order valence-corrected chi connectivity index (χ2v) is 5.94. The van der Waals surface area contributed by atoms with Crippen LogP contribution in [0.2, 0.25) is 0 Å². The summed E-state index contributed by atoms with van der Waals surface area (Å²) in [6.07, 6.45) is 0. The maximum absolute atomic E-state index is 12.4. The second-order valence-electron chi connectivity index (χ2n) is 5.94. The molecule has 0 spiro atoms. The van der Waals surface area contributed by atoms with E-state index in [1.54, 1.807) is 30.3 Å². The van der Waals surface area contributed by atoms with Crippen molar-refractivity contribution in [1.29, 1.82) is 0 Å². The van der Waals surface area contributed by atoms with Gasteiger partial charge in [0.2, 0.25) is 5.91 Å². The maximum Gasteiger partial charge on any atom is 0.253 e. The number of nitrogens with zero attached hydrogens (tertiary/aromatic N) is 1. The van der Waals surface area contributed by atoms with Crippen LogP contribution in [-0.2, 0) is 6.54 Å². The molecule has 3 rings (SSSR count). The van der Waals surface area contributed by atoms with Crippen molar-refractivity contribution in [3.8, 4) is 11.3 Å². The zero-order valence-corrected chi connectivity index (χ0v) is 14.4. The van der Waals surface area contributed by atoms with Gasteiger partial charge in [0.15, 0.2) is 0 Å². The number of amides is 2. The molecule has 0 saturated heterocycles. The number of hydrogen-bond acceptors (Lipinski definition) is 3. The summed E-state index contributed by atoms with van der Waals surface area (Å²) in [5.41, 5.74) is 9.60. The number of primary amides is 1. The Labute approximate surface area is 151 Å². The molecule has 3 N–H and O–H groups in total. The molecule has 5 nitrogen and oxygen atoms in total. The third-order valence-electron chi connectivity index (χ3n) is 4.09. The first kappa shape index (κ1) is 17.4. The van der Waals surface area contributed by atoms with Crippen LogP contribution in [0, 0.1) is 6.92 Å². The highest BCUT2D eigenvalue weighted by atomic mass is 16.2. The van der Waals surface area contributed by atoms with Gasteiger partial charge in [-0.1, -0.05) is 42.5 Å². The van der Waals surface area contributed by atoms with E-state index in [1.165, 1.54) is 0 Å². The van der Waals surface area contributed by atoms with E-state index < -0.39 is 5.91 Å². The van der Waals surface area contributed by atoms with Crippen LogP contribution in [0.1, 0.15) is 32.0 Å². The molecule has 0 aliphatic carbocycles. The average Bonchev–Trinajstić information content (AvgIpc) is 2.67. The highest BCUT2D eigenvalue weighted by Crippen LogP contribution is 2.18. The molecule has 130 valence electrons. The molecule has 0 bridgehead atoms. The summed E-state index contributed by atoms with van der Waals surface area (Å²) in [5, 5.41) is 2.87. The van der Waals surface area contributed by atoms with Gasteiger partial charge in [-0.15, -0.1) is 0 Å². The van der Waals surface area contributed by atoms with Crippen molar-refractivity contribution in [3.05, 3.63) is 89.1 Å². The molecular formula is C21H19N3O2. The van der Waals surface area contributed by atoms with Gasteiger partial charge in [-0.25, -0.2) is 0 Å². The van der Waals surface area contributed by atoms with Crippen molar-refractivity contribution in [1.82, 2.24) is 10.3 Å². The third kappa shape index (κ3) is 3.95. The molecule has 0 saturated carbocycles. The Hall–Kier alpha value is -3.47. The molecule has 0 aliphatic heterocycles. The molecule has 1 heterocycles. The van der Waals surface area contributed by atoms with Crippen LogP contribution in [0.4, 0.5) is 0 Å². The van der Waals surface area contributed by atoms with Gasteiger partial charge in [-0.05, 0) is 36.8 Å². The summed E-state index contributed by atoms with van der Waals surface area (Å²) in [6.45, 7) is 2.18. The van der Waals surface area contributed by atoms with E-state index >= 15 is 0 Å². The number of pyridine rings is 1. The Balaban J connectivity index is 1.69. The number of carbonyl (C=O) groups is 2. The van der Waals surface area contributed by atoms with Crippen LogP contribution < -0.4 is 11.1 Å². The number of hydrogen-bond donors (Lipinski definition) is 2. The maximum atomic E-state index is 12.4. The van der Waals surface area contributed by atoms with E-state index in [-0.39, 0.29) is 5.91 Å². The van der Waals surface area contributed by atoms with Gasteiger partial charge in [0.05, 0.1) is 17.0 Å². The van der Waals surface area contributed by atoms with Crippen LogP contribution in [0.5, 0.6) is 0 Å². The standard InChI is InChI=1S/C21H19N3O2/c1-14-18(11-12-19(24-14)16-5-3-2-4-6-16)21(26)23-13-15-7-9-17(10-8-15)20(22)25/h2-12H,13H2,1H3,(H2,22,25)(H,23,26). The van der Waals surface area contributed by atoms with Crippen molar-refractivity contribution in [2.24, 2.45) is 5.73 Å². The molecule has 0 unspecified atom stereocenters. The van der Waals surface area contributed by atoms with Gasteiger partial charge in [0.1, 0.15) is 0 Å². The number of nitrogens with two attached hydrogens (primary N) is 1. The normalized spacial score (nSPS) is 10.3. The molecule has 0 radical (unpaired) electrons. The third-order valence-corrected chi connectivity index (χ3v) is 4.09. The van der Waals surface area contributed by atoms with Gasteiger partial charge in [0, 0.05) is 17.7 Å². The van der Waals surface area contributed by atoms with Gasteiger partial charge in [-0.3, -0.25) is 14.6 Å². The number of aromatic nitrogens is 1. The quantitative estimate of drug-likeness (QED) is 0.745. The van der Waals surface area contributed by atoms with E-state index in [2.05, 4.69) is 10.3 Å². The van der Waals surface area contributed by atoms with Gasteiger partial charge < -0.3 is 11.1 Å². The molecule has 0 atom stereocenters. The molecule has 26 heavy (non-hydrogen) atoms. The molecule has 5 heteroatoms. The lowest BCUT2D eigenvalue weighted by atomic mass is 10.1. The monoisotopic (exact) mass is 345 g/mol. The molecule has 0 fully saturated rings. The van der Waals surface area contributed by atoms with Gasteiger partial charge in [0.25, 0.3) is 5.91 Å². The lowest BCUT2D eigenvalue weighted by Gasteiger charge is -2.09. The molecule has 2 aromatic carbocycles. The molecule has 3 aromatic rings. The Kier molecular flexibility index (Phi) is 5.08. The summed E-state index contributed by atoms with van der Waals surface area (Å²) >= 11 is 0. The SMILES string of the molecule is Cc1nc(-c2ccccc2)ccc1C(=O)NCc1ccc(C(N)=O)cc1. The van der Waals surface area contributed by atoms with Crippen molar-refractivity contribution in [2.45, 2.75) is 13.5 Å². The molecular weight excluding hydrogens is 326 g/mol. The fourth-order valence-corrected chi connectivity index (χ4v) is 2.64. The van der Waals surface area contributed by atoms with Crippen molar-refractivity contribution in [2.75, 3.05) is 0 Å². The largest absolute Gasteiger partial charge is 0.366 e. The molecule has 1 aromatic heterocycles. The van der Waals surface area contributed by atoms with Crippen LogP contribution in [0.3, 0.4) is 0 Å². The van der Waals surface area contributed by atoms with E-state index in [0.717, 1.165) is 16.8 Å². The zero-order valence-electron chi connectivity index (χ0n) is 14.4. The number of carbonyl (C=O) groups excluding carboxylic acids is 2. The summed E-state index contributed by atoms with van der Waals surface area (Å²) in [7, 11) is 0. The van der Waals surface area contributed by atoms with E-state index in [4.69, 9.17) is 5.73 Å². The first-order valence-corrected chi connectivity index (χ1v) is 8.24. The lowest BCUT2D eigenvalue weighted by molar-refractivity contribution is 0.0948. The van der Waals surface area contributed by atoms with Crippen LogP contribution in [0.25, 0.3) is 11.3 Å². The van der Waals surface area contributed by atoms with Crippen molar-refractivity contribution in [3.63, 3.8) is 0 Å². The van der Waals surface area contributed by atoms with Crippen molar-refractivity contribution < 1.29 is 9.59 Å². The Bertz CT molecular complexity index is 935. The summed E-state index contributed by atoms with van der Waals surface area (Å²) in [6, 6.07) is 20.3. The fourth-order valence-electron chi connectivity index (χ4n) is 2.64. The predicted octanol–water partition coefficient (Wildman–Crippen LogP) is 3.09. The van der Waals surface area contributed by atoms with Crippen LogP contribution >= 0.6 is 0 Å². The van der Waals surface area contributed by atoms with Crippen LogP contribution in [0.15, 0.2) is 66.7 Å². The average molecular weight is 345 g/mol. The summed E-state index contributed by atoms with van der Waals surface area (Å²) in [4.78, 5) is 28.1. The minimum absolute atomic E-state index is 0.186. The van der Waals surface area contributed by atoms with Gasteiger partial charge in [-0.2, -0.15) is 0 Å². The summed E-state index contributed by atoms with van der Waals surface area (Å²) < 4.78 is 0. The number of rotatable bonds is 5. The fraction of sp³-hybridized carbons (Fsp3) is 0.0952. The van der Waals surface area contributed by atoms with Crippen LogP contribution in [-0.4, -0.2) is 16.8 Å². The van der Waals surface area contributed by atoms with E-state index in [9.17, 15) is 9.59 Å². The van der Waals surface area contributed by atoms with Gasteiger partial charge >= 0.3 is 0 Å². The van der Waals surface area contributed by atoms with E-state index in [1.807, 2.05) is 43.3 Å². The zero-order chi connectivity index (χ0) is 18.5. The molecule has 2 amide bonds.